The zero-order chi connectivity index (χ0) is 19.0. The van der Waals surface area contributed by atoms with Crippen LogP contribution in [0.4, 0.5) is 5.69 Å². The molecule has 0 aliphatic rings. The van der Waals surface area contributed by atoms with Crippen molar-refractivity contribution in [3.05, 3.63) is 47.4 Å². The maximum atomic E-state index is 12.4. The van der Waals surface area contributed by atoms with Crippen molar-refractivity contribution in [2.45, 2.75) is 11.9 Å². The first-order valence-corrected chi connectivity index (χ1v) is 9.40. The lowest BCUT2D eigenvalue weighted by Gasteiger charge is -2.10. The summed E-state index contributed by atoms with van der Waals surface area (Å²) < 4.78 is 12.8. The van der Waals surface area contributed by atoms with Gasteiger partial charge in [0.15, 0.2) is 5.58 Å². The summed E-state index contributed by atoms with van der Waals surface area (Å²) in [6.07, 6.45) is 1.63. The van der Waals surface area contributed by atoms with E-state index in [0.717, 1.165) is 22.4 Å². The van der Waals surface area contributed by atoms with Crippen molar-refractivity contribution in [2.75, 3.05) is 18.2 Å². The fraction of sp³-hybridized carbons (Fsp3) is 0.167. The number of nitrogens with one attached hydrogen (secondary N) is 1. The van der Waals surface area contributed by atoms with Gasteiger partial charge in [-0.25, -0.2) is 0 Å². The number of hydrogen-bond donors (Lipinski definition) is 1. The number of hydrogen-bond acceptors (Lipinski definition) is 6. The molecule has 4 rings (SSSR count). The molecule has 7 nitrogen and oxygen atoms in total. The molecule has 1 aromatic carbocycles. The lowest BCUT2D eigenvalue weighted by molar-refractivity contribution is -0.113. The normalized spacial score (nSPS) is 11.2. The molecular weight excluding hydrogens is 388 g/mol. The van der Waals surface area contributed by atoms with E-state index in [0.29, 0.717) is 21.5 Å². The van der Waals surface area contributed by atoms with Crippen LogP contribution < -0.4 is 10.1 Å². The highest BCUT2D eigenvalue weighted by molar-refractivity contribution is 8.00. The Balaban J connectivity index is 1.52. The van der Waals surface area contributed by atoms with Crippen LogP contribution in [0.2, 0.25) is 5.02 Å². The van der Waals surface area contributed by atoms with E-state index in [9.17, 15) is 4.79 Å². The predicted molar refractivity (Wildman–Crippen MR) is 105 cm³/mol. The lowest BCUT2D eigenvalue weighted by Crippen LogP contribution is -2.15. The second-order valence-electron chi connectivity index (χ2n) is 5.82. The van der Waals surface area contributed by atoms with Gasteiger partial charge in [0.1, 0.15) is 22.9 Å². The summed E-state index contributed by atoms with van der Waals surface area (Å²) in [7, 11) is 1.54. The fourth-order valence-corrected chi connectivity index (χ4v) is 3.73. The molecule has 0 fully saturated rings. The van der Waals surface area contributed by atoms with Crippen LogP contribution in [-0.2, 0) is 4.79 Å². The second kappa shape index (κ2) is 7.13. The van der Waals surface area contributed by atoms with Gasteiger partial charge >= 0.3 is 0 Å². The van der Waals surface area contributed by atoms with E-state index in [1.165, 1.54) is 18.9 Å². The Labute approximate surface area is 163 Å². The molecule has 0 saturated heterocycles. The Morgan fingerprint density at radius 2 is 2.19 bits per heavy atom. The van der Waals surface area contributed by atoms with Gasteiger partial charge in [-0.3, -0.25) is 9.20 Å². The van der Waals surface area contributed by atoms with Gasteiger partial charge in [-0.15, -0.1) is 10.2 Å². The highest BCUT2D eigenvalue weighted by atomic mass is 35.5. The van der Waals surface area contributed by atoms with Crippen LogP contribution in [0.1, 0.15) is 5.76 Å². The van der Waals surface area contributed by atoms with Crippen molar-refractivity contribution in [3.8, 4) is 5.75 Å². The van der Waals surface area contributed by atoms with Crippen molar-refractivity contribution >= 4 is 51.6 Å². The summed E-state index contributed by atoms with van der Waals surface area (Å²) in [5, 5.41) is 12.2. The number of thioether (sulfide) groups is 1. The molecular formula is C18H15ClN4O3S. The Hall–Kier alpha value is -2.71. The first kappa shape index (κ1) is 17.7. The molecule has 0 radical (unpaired) electrons. The number of carbonyl (C=O) groups excluding carboxylic acids is 1. The first-order valence-electron chi connectivity index (χ1n) is 8.04. The average Bonchev–Trinajstić information content (AvgIpc) is 3.16. The molecule has 3 aromatic heterocycles. The number of nitrogens with zero attached hydrogens (tertiary/aromatic N) is 3. The van der Waals surface area contributed by atoms with Gasteiger partial charge in [0.25, 0.3) is 0 Å². The van der Waals surface area contributed by atoms with Gasteiger partial charge in [0.05, 0.1) is 29.6 Å². The number of methoxy groups -OCH3 is 1. The van der Waals surface area contributed by atoms with Crippen molar-refractivity contribution in [1.29, 1.82) is 0 Å². The molecule has 9 heteroatoms. The molecule has 138 valence electrons. The minimum atomic E-state index is -0.199. The van der Waals surface area contributed by atoms with E-state index in [1.54, 1.807) is 24.5 Å². The molecule has 0 aliphatic heterocycles. The van der Waals surface area contributed by atoms with E-state index in [1.807, 2.05) is 23.5 Å². The fourth-order valence-electron chi connectivity index (χ4n) is 2.81. The summed E-state index contributed by atoms with van der Waals surface area (Å²) in [6.45, 7) is 1.89. The van der Waals surface area contributed by atoms with Gasteiger partial charge in [-0.1, -0.05) is 23.4 Å². The third-order valence-electron chi connectivity index (χ3n) is 3.96. The number of ether oxygens (including phenoxy) is 1. The number of carbonyl (C=O) groups is 1. The number of aromatic nitrogens is 3. The van der Waals surface area contributed by atoms with Gasteiger partial charge in [0, 0.05) is 17.2 Å². The molecule has 0 unspecified atom stereocenters. The van der Waals surface area contributed by atoms with E-state index in [4.69, 9.17) is 20.8 Å². The lowest BCUT2D eigenvalue weighted by atomic mass is 10.3. The Bertz CT molecular complexity index is 1150. The molecule has 0 atom stereocenters. The molecule has 0 spiro atoms. The summed E-state index contributed by atoms with van der Waals surface area (Å²) in [5.74, 6) is 1.34. The van der Waals surface area contributed by atoms with E-state index < -0.39 is 0 Å². The van der Waals surface area contributed by atoms with Crippen molar-refractivity contribution in [2.24, 2.45) is 0 Å². The third-order valence-corrected chi connectivity index (χ3v) is 5.17. The smallest absolute Gasteiger partial charge is 0.234 e. The van der Waals surface area contributed by atoms with Crippen molar-refractivity contribution in [1.82, 2.24) is 14.6 Å². The summed E-state index contributed by atoms with van der Waals surface area (Å²) in [4.78, 5) is 12.4. The Morgan fingerprint density at radius 3 is 3.00 bits per heavy atom. The standard InChI is InChI=1S/C18H15ClN4O3S/c1-10-5-13-16(26-10)7-14-18(22-20-9-23(13)14)27-8-17(24)21-12-6-11(19)3-4-15(12)25-2/h3-7,9H,8H2,1-2H3,(H,21,24). The molecule has 0 saturated carbocycles. The van der Waals surface area contributed by atoms with Crippen LogP contribution in [0.5, 0.6) is 5.75 Å². The van der Waals surface area contributed by atoms with Crippen LogP contribution in [0.15, 0.2) is 46.1 Å². The topological polar surface area (TPSA) is 81.7 Å². The third kappa shape index (κ3) is 3.45. The maximum absolute atomic E-state index is 12.4. The van der Waals surface area contributed by atoms with Crippen molar-refractivity contribution in [3.63, 3.8) is 0 Å². The van der Waals surface area contributed by atoms with Crippen LogP contribution >= 0.6 is 23.4 Å². The minimum Gasteiger partial charge on any atom is -0.495 e. The van der Waals surface area contributed by atoms with Crippen molar-refractivity contribution < 1.29 is 13.9 Å². The number of benzene rings is 1. The van der Waals surface area contributed by atoms with Crippen LogP contribution in [-0.4, -0.2) is 33.4 Å². The number of amides is 1. The molecule has 1 amide bonds. The zero-order valence-corrected chi connectivity index (χ0v) is 16.1. The molecule has 4 aromatic rings. The molecule has 27 heavy (non-hydrogen) atoms. The summed E-state index contributed by atoms with van der Waals surface area (Å²) >= 11 is 7.29. The second-order valence-corrected chi connectivity index (χ2v) is 7.22. The number of halogens is 1. The monoisotopic (exact) mass is 402 g/mol. The maximum Gasteiger partial charge on any atom is 0.234 e. The molecule has 0 bridgehead atoms. The quantitative estimate of drug-likeness (QED) is 0.504. The van der Waals surface area contributed by atoms with Gasteiger partial charge in [-0.2, -0.15) is 0 Å². The minimum absolute atomic E-state index is 0.162. The van der Waals surface area contributed by atoms with Crippen LogP contribution in [0, 0.1) is 6.92 Å². The highest BCUT2D eigenvalue weighted by Crippen LogP contribution is 2.30. The van der Waals surface area contributed by atoms with Crippen LogP contribution in [0.3, 0.4) is 0 Å². The number of fused-ring (bicyclic) bond motifs is 3. The van der Waals surface area contributed by atoms with E-state index in [2.05, 4.69) is 15.5 Å². The molecule has 1 N–H and O–H groups in total. The SMILES string of the molecule is COc1ccc(Cl)cc1NC(=O)CSc1nncn2c1cc1oc(C)cc12. The average molecular weight is 403 g/mol. The Morgan fingerprint density at radius 1 is 1.33 bits per heavy atom. The number of aryl methyl sites for hydroxylation is 1. The predicted octanol–water partition coefficient (Wildman–Crippen LogP) is 4.18. The number of anilines is 1. The van der Waals surface area contributed by atoms with Crippen LogP contribution in [0.25, 0.3) is 16.6 Å². The van der Waals surface area contributed by atoms with Gasteiger partial charge in [0.2, 0.25) is 5.91 Å². The van der Waals surface area contributed by atoms with E-state index >= 15 is 0 Å². The zero-order valence-electron chi connectivity index (χ0n) is 14.5. The number of rotatable bonds is 5. The van der Waals surface area contributed by atoms with Gasteiger partial charge in [-0.05, 0) is 25.1 Å². The molecule has 0 aliphatic carbocycles. The largest absolute Gasteiger partial charge is 0.495 e. The summed E-state index contributed by atoms with van der Waals surface area (Å²) in [5.41, 5.74) is 3.05. The Kier molecular flexibility index (Phi) is 4.67. The highest BCUT2D eigenvalue weighted by Gasteiger charge is 2.14. The van der Waals surface area contributed by atoms with E-state index in [-0.39, 0.29) is 11.7 Å². The first-order chi connectivity index (χ1) is 13.0. The number of furan rings is 1. The summed E-state index contributed by atoms with van der Waals surface area (Å²) in [6, 6.07) is 8.89. The molecule has 3 heterocycles. The van der Waals surface area contributed by atoms with Gasteiger partial charge < -0.3 is 14.5 Å².